The molecule has 0 aromatic heterocycles. The van der Waals surface area contributed by atoms with Crippen molar-refractivity contribution in [1.29, 1.82) is 0 Å². The molecule has 3 rings (SSSR count). The minimum atomic E-state index is -0.811. The fourth-order valence-corrected chi connectivity index (χ4v) is 4.05. The lowest BCUT2D eigenvalue weighted by Crippen LogP contribution is -2.44. The van der Waals surface area contributed by atoms with Crippen molar-refractivity contribution in [2.24, 2.45) is 0 Å². The van der Waals surface area contributed by atoms with Crippen molar-refractivity contribution in [2.75, 3.05) is 18.0 Å². The third-order valence-corrected chi connectivity index (χ3v) is 5.50. The van der Waals surface area contributed by atoms with E-state index in [1.807, 2.05) is 57.2 Å². The summed E-state index contributed by atoms with van der Waals surface area (Å²) < 4.78 is 16.7. The van der Waals surface area contributed by atoms with Gasteiger partial charge in [0.05, 0.1) is 5.69 Å². The molecule has 8 heteroatoms. The summed E-state index contributed by atoms with van der Waals surface area (Å²) in [4.78, 5) is 41.7. The fraction of sp³-hybridized carbons (Fsp3) is 0.500. The highest BCUT2D eigenvalue weighted by molar-refractivity contribution is 6.16. The Morgan fingerprint density at radius 3 is 1.74 bits per heavy atom. The highest BCUT2D eigenvalue weighted by Gasteiger charge is 2.34. The second kappa shape index (κ2) is 10.7. The van der Waals surface area contributed by atoms with Crippen LogP contribution in [0.5, 0.6) is 0 Å². The van der Waals surface area contributed by atoms with E-state index in [1.165, 1.54) is 0 Å². The number of ether oxygens (including phenoxy) is 3. The normalized spacial score (nSPS) is 14.6. The molecule has 1 aliphatic heterocycles. The number of hydrogen-bond donors (Lipinski definition) is 0. The molecular formula is C30H40N2O6. The Morgan fingerprint density at radius 2 is 1.26 bits per heavy atom. The molecule has 2 aromatic rings. The first-order chi connectivity index (χ1) is 17.5. The van der Waals surface area contributed by atoms with Gasteiger partial charge in [-0.05, 0) is 91.3 Å². The first-order valence-corrected chi connectivity index (χ1v) is 12.9. The molecular weight excluding hydrogens is 484 g/mol. The molecule has 0 bridgehead atoms. The van der Waals surface area contributed by atoms with Crippen LogP contribution in [0.3, 0.4) is 0 Å². The number of rotatable bonds is 2. The van der Waals surface area contributed by atoms with Gasteiger partial charge in [0.25, 0.3) is 0 Å². The van der Waals surface area contributed by atoms with Gasteiger partial charge in [-0.2, -0.15) is 4.90 Å². The van der Waals surface area contributed by atoms with Crippen LogP contribution in [-0.2, 0) is 14.2 Å². The molecule has 0 spiro atoms. The Bertz CT molecular complexity index is 1220. The van der Waals surface area contributed by atoms with Crippen molar-refractivity contribution in [1.82, 2.24) is 4.90 Å². The average molecular weight is 525 g/mol. The van der Waals surface area contributed by atoms with E-state index >= 15 is 0 Å². The summed E-state index contributed by atoms with van der Waals surface area (Å²) >= 11 is 0. The molecule has 8 nitrogen and oxygen atoms in total. The molecule has 0 saturated carbocycles. The molecule has 1 heterocycles. The lowest BCUT2D eigenvalue weighted by Gasteiger charge is -2.31. The number of nitrogens with zero attached hydrogens (tertiary/aromatic N) is 2. The van der Waals surface area contributed by atoms with Crippen molar-refractivity contribution in [2.45, 2.75) is 85.5 Å². The van der Waals surface area contributed by atoms with Crippen LogP contribution < -0.4 is 4.90 Å². The van der Waals surface area contributed by atoms with Crippen LogP contribution in [0.1, 0.15) is 74.3 Å². The van der Waals surface area contributed by atoms with Crippen LogP contribution in [-0.4, -0.2) is 53.1 Å². The number of carbonyl (C=O) groups excluding carboxylic acids is 3. The summed E-state index contributed by atoms with van der Waals surface area (Å²) in [5.74, 6) is 0. The van der Waals surface area contributed by atoms with Crippen molar-refractivity contribution >= 4 is 40.3 Å². The minimum absolute atomic E-state index is 0.335. The van der Waals surface area contributed by atoms with E-state index in [0.717, 1.165) is 21.4 Å². The monoisotopic (exact) mass is 524 g/mol. The van der Waals surface area contributed by atoms with Gasteiger partial charge in [0.1, 0.15) is 16.8 Å². The van der Waals surface area contributed by atoms with E-state index in [-0.39, 0.29) is 6.09 Å². The lowest BCUT2D eigenvalue weighted by atomic mass is 9.93. The standard InChI is InChI=1S/C30H40N2O6/c1-28(2,3)36-25(33)31-18-16-20(17-19-31)21-14-15-24(23-13-11-10-12-22(21)23)32(26(34)37-29(4,5)6)27(35)38-30(7,8)9/h10-16H,17-19H2,1-9H3. The molecule has 0 radical (unpaired) electrons. The average Bonchev–Trinajstić information content (AvgIpc) is 2.76. The third-order valence-electron chi connectivity index (χ3n) is 5.50. The largest absolute Gasteiger partial charge is 0.444 e. The van der Waals surface area contributed by atoms with E-state index < -0.39 is 29.0 Å². The molecule has 1 aliphatic rings. The number of benzene rings is 2. The van der Waals surface area contributed by atoms with Crippen LogP contribution in [0.25, 0.3) is 16.3 Å². The Kier molecular flexibility index (Phi) is 8.15. The highest BCUT2D eigenvalue weighted by Crippen LogP contribution is 2.36. The van der Waals surface area contributed by atoms with E-state index in [9.17, 15) is 14.4 Å². The second-order valence-corrected chi connectivity index (χ2v) is 12.4. The predicted octanol–water partition coefficient (Wildman–Crippen LogP) is 7.54. The van der Waals surface area contributed by atoms with Crippen LogP contribution in [0.2, 0.25) is 0 Å². The van der Waals surface area contributed by atoms with Gasteiger partial charge in [-0.15, -0.1) is 0 Å². The van der Waals surface area contributed by atoms with Gasteiger partial charge in [0.15, 0.2) is 0 Å². The van der Waals surface area contributed by atoms with Crippen molar-refractivity contribution in [3.8, 4) is 0 Å². The first-order valence-electron chi connectivity index (χ1n) is 12.9. The van der Waals surface area contributed by atoms with Gasteiger partial charge in [-0.1, -0.05) is 36.4 Å². The maximum absolute atomic E-state index is 13.3. The maximum atomic E-state index is 13.3. The molecule has 2 aromatic carbocycles. The summed E-state index contributed by atoms with van der Waals surface area (Å²) in [5.41, 5.74) is 0.260. The van der Waals surface area contributed by atoms with Crippen molar-refractivity contribution in [3.05, 3.63) is 48.0 Å². The molecule has 0 unspecified atom stereocenters. The first kappa shape index (κ1) is 29.0. The number of imide groups is 1. The summed E-state index contributed by atoms with van der Waals surface area (Å²) in [6.45, 7) is 17.0. The number of hydrogen-bond acceptors (Lipinski definition) is 6. The Hall–Kier alpha value is -3.55. The third kappa shape index (κ3) is 7.49. The zero-order chi connectivity index (χ0) is 28.5. The number of fused-ring (bicyclic) bond motifs is 1. The quantitative estimate of drug-likeness (QED) is 0.377. The topological polar surface area (TPSA) is 85.4 Å². The van der Waals surface area contributed by atoms with E-state index in [1.54, 1.807) is 52.5 Å². The van der Waals surface area contributed by atoms with E-state index in [4.69, 9.17) is 14.2 Å². The lowest BCUT2D eigenvalue weighted by molar-refractivity contribution is 0.0269. The van der Waals surface area contributed by atoms with Gasteiger partial charge in [0, 0.05) is 18.5 Å². The SMILES string of the molecule is CC(C)(C)OC(=O)N1CC=C(c2ccc(N(C(=O)OC(C)(C)C)C(=O)OC(C)(C)C)c3ccccc23)CC1. The number of amides is 3. The van der Waals surface area contributed by atoms with Gasteiger partial charge in [-0.3, -0.25) is 0 Å². The van der Waals surface area contributed by atoms with Gasteiger partial charge in [0.2, 0.25) is 0 Å². The Labute approximate surface area is 225 Å². The Balaban J connectivity index is 2.02. The Morgan fingerprint density at radius 1 is 0.737 bits per heavy atom. The summed E-state index contributed by atoms with van der Waals surface area (Å²) in [5, 5.41) is 1.58. The summed E-state index contributed by atoms with van der Waals surface area (Å²) in [6.07, 6.45) is 0.709. The molecule has 0 fully saturated rings. The number of anilines is 1. The summed E-state index contributed by atoms with van der Waals surface area (Å²) in [6, 6.07) is 11.2. The molecule has 0 N–H and O–H groups in total. The van der Waals surface area contributed by atoms with E-state index in [2.05, 4.69) is 0 Å². The molecule has 0 atom stereocenters. The van der Waals surface area contributed by atoms with Gasteiger partial charge < -0.3 is 19.1 Å². The predicted molar refractivity (Wildman–Crippen MR) is 149 cm³/mol. The van der Waals surface area contributed by atoms with Crippen LogP contribution in [0, 0.1) is 0 Å². The van der Waals surface area contributed by atoms with Crippen LogP contribution in [0.4, 0.5) is 20.1 Å². The van der Waals surface area contributed by atoms with Gasteiger partial charge in [-0.25, -0.2) is 14.4 Å². The van der Waals surface area contributed by atoms with Gasteiger partial charge >= 0.3 is 18.3 Å². The minimum Gasteiger partial charge on any atom is -0.444 e. The smallest absolute Gasteiger partial charge is 0.424 e. The zero-order valence-corrected chi connectivity index (χ0v) is 24.0. The van der Waals surface area contributed by atoms with Crippen LogP contribution >= 0.6 is 0 Å². The molecule has 206 valence electrons. The molecule has 38 heavy (non-hydrogen) atoms. The zero-order valence-electron chi connectivity index (χ0n) is 24.0. The molecule has 0 aliphatic carbocycles. The summed E-state index contributed by atoms with van der Waals surface area (Å²) in [7, 11) is 0. The highest BCUT2D eigenvalue weighted by atomic mass is 16.6. The number of carbonyl (C=O) groups is 3. The van der Waals surface area contributed by atoms with Crippen molar-refractivity contribution in [3.63, 3.8) is 0 Å². The maximum Gasteiger partial charge on any atom is 0.424 e. The fourth-order valence-electron chi connectivity index (χ4n) is 4.05. The molecule has 3 amide bonds. The second-order valence-electron chi connectivity index (χ2n) is 12.4. The molecule has 0 saturated heterocycles. The van der Waals surface area contributed by atoms with Crippen molar-refractivity contribution < 1.29 is 28.6 Å². The van der Waals surface area contributed by atoms with E-state index in [0.29, 0.717) is 30.6 Å². The van der Waals surface area contributed by atoms with Crippen LogP contribution in [0.15, 0.2) is 42.5 Å².